The Bertz CT molecular complexity index is 529. The van der Waals surface area contributed by atoms with E-state index in [4.69, 9.17) is 10.9 Å². The minimum absolute atomic E-state index is 0.105. The molecule has 96 valence electrons. The number of hydrogen-bond donors (Lipinski definition) is 3. The van der Waals surface area contributed by atoms with Crippen LogP contribution in [0.1, 0.15) is 12.8 Å². The second kappa shape index (κ2) is 4.71. The molecule has 5 nitrogen and oxygen atoms in total. The smallest absolute Gasteiger partial charge is 0.238 e. The van der Waals surface area contributed by atoms with Crippen LogP contribution in [0, 0.1) is 14.8 Å². The first-order valence-corrected chi connectivity index (χ1v) is 6.32. The first-order chi connectivity index (χ1) is 8.51. The van der Waals surface area contributed by atoms with Gasteiger partial charge >= 0.3 is 0 Å². The van der Waals surface area contributed by atoms with Crippen molar-refractivity contribution in [2.75, 3.05) is 5.32 Å². The van der Waals surface area contributed by atoms with Crippen molar-refractivity contribution in [2.24, 2.45) is 16.3 Å². The van der Waals surface area contributed by atoms with Crippen LogP contribution in [0.25, 0.3) is 0 Å². The van der Waals surface area contributed by atoms with Gasteiger partial charge in [-0.3, -0.25) is 4.79 Å². The molecule has 0 saturated heterocycles. The molecular formula is C11H11FIN3O2. The Hall–Kier alpha value is -1.38. The normalized spacial score (nSPS) is 17.3. The van der Waals surface area contributed by atoms with Gasteiger partial charge < -0.3 is 16.3 Å². The molecule has 0 heterocycles. The standard InChI is InChI=1S/C11H11FIN3O2/c12-6-2-1-3-7(8(6)13)15-10(17)11(4-5-11)9(14)16-18/h1-3,18H,4-5H2,(H2,14,16)(H,15,17). The zero-order valence-electron chi connectivity index (χ0n) is 9.28. The lowest BCUT2D eigenvalue weighted by Crippen LogP contribution is -2.36. The van der Waals surface area contributed by atoms with Crippen LogP contribution in [0.3, 0.4) is 0 Å². The predicted molar refractivity (Wildman–Crippen MR) is 72.8 cm³/mol. The van der Waals surface area contributed by atoms with E-state index in [1.54, 1.807) is 6.07 Å². The maximum absolute atomic E-state index is 13.3. The molecule has 1 aromatic rings. The van der Waals surface area contributed by atoms with Crippen molar-refractivity contribution in [3.63, 3.8) is 0 Å². The van der Waals surface area contributed by atoms with Crippen LogP contribution < -0.4 is 11.1 Å². The van der Waals surface area contributed by atoms with Crippen molar-refractivity contribution >= 4 is 40.0 Å². The van der Waals surface area contributed by atoms with E-state index in [1.807, 2.05) is 22.6 Å². The van der Waals surface area contributed by atoms with E-state index in [9.17, 15) is 9.18 Å². The van der Waals surface area contributed by atoms with Crippen LogP contribution in [0.2, 0.25) is 0 Å². The summed E-state index contributed by atoms with van der Waals surface area (Å²) < 4.78 is 13.7. The molecule has 2 rings (SSSR count). The van der Waals surface area contributed by atoms with Gasteiger partial charge in [0.15, 0.2) is 5.84 Å². The monoisotopic (exact) mass is 363 g/mol. The number of benzene rings is 1. The maximum atomic E-state index is 13.3. The summed E-state index contributed by atoms with van der Waals surface area (Å²) >= 11 is 1.81. The fraction of sp³-hybridized carbons (Fsp3) is 0.273. The molecule has 0 aliphatic heterocycles. The van der Waals surface area contributed by atoms with E-state index >= 15 is 0 Å². The topological polar surface area (TPSA) is 87.7 Å². The molecule has 7 heteroatoms. The number of carbonyl (C=O) groups is 1. The summed E-state index contributed by atoms with van der Waals surface area (Å²) in [5.41, 5.74) is 4.95. The third-order valence-electron chi connectivity index (χ3n) is 2.98. The summed E-state index contributed by atoms with van der Waals surface area (Å²) in [6, 6.07) is 4.43. The van der Waals surface area contributed by atoms with Gasteiger partial charge in [-0.2, -0.15) is 0 Å². The fourth-order valence-corrected chi connectivity index (χ4v) is 2.16. The molecule has 1 amide bonds. The second-order valence-electron chi connectivity index (χ2n) is 4.12. The summed E-state index contributed by atoms with van der Waals surface area (Å²) in [7, 11) is 0. The average molecular weight is 363 g/mol. The van der Waals surface area contributed by atoms with Gasteiger partial charge in [0.05, 0.1) is 9.26 Å². The van der Waals surface area contributed by atoms with Crippen molar-refractivity contribution < 1.29 is 14.4 Å². The highest BCUT2D eigenvalue weighted by molar-refractivity contribution is 14.1. The highest BCUT2D eigenvalue weighted by atomic mass is 127. The molecule has 0 aromatic heterocycles. The maximum Gasteiger partial charge on any atom is 0.238 e. The van der Waals surface area contributed by atoms with Gasteiger partial charge in [-0.1, -0.05) is 11.2 Å². The Balaban J connectivity index is 2.20. The van der Waals surface area contributed by atoms with Crippen LogP contribution >= 0.6 is 22.6 Å². The van der Waals surface area contributed by atoms with Gasteiger partial charge in [0.25, 0.3) is 0 Å². The Kier molecular flexibility index (Phi) is 3.42. The first-order valence-electron chi connectivity index (χ1n) is 5.25. The lowest BCUT2D eigenvalue weighted by molar-refractivity contribution is -0.119. The summed E-state index contributed by atoms with van der Waals surface area (Å²) in [5.74, 6) is -0.880. The molecule has 0 radical (unpaired) electrons. The van der Waals surface area contributed by atoms with Crippen LogP contribution in [0.5, 0.6) is 0 Å². The molecule has 1 aromatic carbocycles. The molecule has 1 fully saturated rings. The minimum Gasteiger partial charge on any atom is -0.409 e. The third kappa shape index (κ3) is 2.14. The number of hydrogen-bond acceptors (Lipinski definition) is 3. The van der Waals surface area contributed by atoms with E-state index in [0.29, 0.717) is 22.1 Å². The van der Waals surface area contributed by atoms with Gasteiger partial charge in [0, 0.05) is 0 Å². The van der Waals surface area contributed by atoms with Gasteiger partial charge in [-0.25, -0.2) is 4.39 Å². The van der Waals surface area contributed by atoms with Crippen molar-refractivity contribution in [1.82, 2.24) is 0 Å². The van der Waals surface area contributed by atoms with E-state index in [1.165, 1.54) is 12.1 Å². The molecule has 0 unspecified atom stereocenters. The molecular weight excluding hydrogens is 352 g/mol. The van der Waals surface area contributed by atoms with Crippen LogP contribution in [-0.2, 0) is 4.79 Å². The Morgan fingerprint density at radius 3 is 2.78 bits per heavy atom. The lowest BCUT2D eigenvalue weighted by atomic mass is 10.1. The largest absolute Gasteiger partial charge is 0.409 e. The number of oxime groups is 1. The Morgan fingerprint density at radius 1 is 1.56 bits per heavy atom. The number of nitrogens with two attached hydrogens (primary N) is 1. The summed E-state index contributed by atoms with van der Waals surface area (Å²) in [6.07, 6.45) is 1.06. The fourth-order valence-electron chi connectivity index (χ4n) is 1.66. The van der Waals surface area contributed by atoms with Gasteiger partial charge in [0.2, 0.25) is 5.91 Å². The zero-order chi connectivity index (χ0) is 13.3. The van der Waals surface area contributed by atoms with Crippen molar-refractivity contribution in [1.29, 1.82) is 0 Å². The van der Waals surface area contributed by atoms with Gasteiger partial charge in [0.1, 0.15) is 11.2 Å². The summed E-state index contributed by atoms with van der Waals surface area (Å²) in [5, 5.41) is 14.1. The number of anilines is 1. The zero-order valence-corrected chi connectivity index (χ0v) is 11.4. The second-order valence-corrected chi connectivity index (χ2v) is 5.20. The van der Waals surface area contributed by atoms with Gasteiger partial charge in [-0.05, 0) is 47.6 Å². The first kappa shape index (κ1) is 13.1. The van der Waals surface area contributed by atoms with E-state index < -0.39 is 11.2 Å². The SMILES string of the molecule is N/C(=N/O)C1(C(=O)Nc2cccc(F)c2I)CC1. The predicted octanol–water partition coefficient (Wildman–Crippen LogP) is 1.90. The van der Waals surface area contributed by atoms with Crippen molar-refractivity contribution in [2.45, 2.75) is 12.8 Å². The molecule has 1 aliphatic rings. The third-order valence-corrected chi connectivity index (χ3v) is 4.08. The van der Waals surface area contributed by atoms with Gasteiger partial charge in [-0.15, -0.1) is 0 Å². The molecule has 0 bridgehead atoms. The summed E-state index contributed by atoms with van der Waals surface area (Å²) in [6.45, 7) is 0. The molecule has 1 saturated carbocycles. The number of rotatable bonds is 3. The number of nitrogens with zero attached hydrogens (tertiary/aromatic N) is 1. The Labute approximate surface area is 116 Å². The van der Waals surface area contributed by atoms with Crippen LogP contribution in [0.4, 0.5) is 10.1 Å². The molecule has 0 spiro atoms. The van der Waals surface area contributed by atoms with Crippen molar-refractivity contribution in [3.05, 3.63) is 27.6 Å². The number of carbonyl (C=O) groups excluding carboxylic acids is 1. The number of amides is 1. The van der Waals surface area contributed by atoms with E-state index in [-0.39, 0.29) is 11.7 Å². The Morgan fingerprint density at radius 2 is 2.22 bits per heavy atom. The van der Waals surface area contributed by atoms with Crippen LogP contribution in [0.15, 0.2) is 23.4 Å². The summed E-state index contributed by atoms with van der Waals surface area (Å²) in [4.78, 5) is 12.1. The molecule has 1 aliphatic carbocycles. The number of halogens is 2. The highest BCUT2D eigenvalue weighted by Gasteiger charge is 2.54. The number of amidine groups is 1. The highest BCUT2D eigenvalue weighted by Crippen LogP contribution is 2.46. The van der Waals surface area contributed by atoms with Crippen LogP contribution in [-0.4, -0.2) is 17.0 Å². The average Bonchev–Trinajstić information content (AvgIpc) is 3.15. The molecule has 18 heavy (non-hydrogen) atoms. The van der Waals surface area contributed by atoms with E-state index in [2.05, 4.69) is 10.5 Å². The number of nitrogens with one attached hydrogen (secondary N) is 1. The minimum atomic E-state index is -0.940. The molecule has 0 atom stereocenters. The van der Waals surface area contributed by atoms with Crippen molar-refractivity contribution in [3.8, 4) is 0 Å². The lowest BCUT2D eigenvalue weighted by Gasteiger charge is -2.14. The molecule has 4 N–H and O–H groups in total. The van der Waals surface area contributed by atoms with E-state index in [0.717, 1.165) is 0 Å². The quantitative estimate of drug-likeness (QED) is 0.252.